The number of fused-ring (bicyclic) bond motifs is 1. The Morgan fingerprint density at radius 3 is 2.48 bits per heavy atom. The Bertz CT molecular complexity index is 1150. The minimum atomic E-state index is -0.175. The Morgan fingerprint density at radius 1 is 1.15 bits per heavy atom. The minimum Gasteiger partial charge on any atom is -0.383 e. The fourth-order valence-corrected chi connectivity index (χ4v) is 4.76. The van der Waals surface area contributed by atoms with Gasteiger partial charge in [0, 0.05) is 25.8 Å². The van der Waals surface area contributed by atoms with Crippen molar-refractivity contribution < 1.29 is 4.74 Å². The largest absolute Gasteiger partial charge is 0.383 e. The Morgan fingerprint density at radius 2 is 1.88 bits per heavy atom. The van der Waals surface area contributed by atoms with Crippen molar-refractivity contribution in [2.24, 2.45) is 7.05 Å². The molecule has 33 heavy (non-hydrogen) atoms. The summed E-state index contributed by atoms with van der Waals surface area (Å²) >= 11 is 0. The number of aryl methyl sites for hydroxylation is 2. The second-order valence-electron chi connectivity index (χ2n) is 9.05. The summed E-state index contributed by atoms with van der Waals surface area (Å²) in [5.41, 5.74) is 11.0. The van der Waals surface area contributed by atoms with Gasteiger partial charge in [0.15, 0.2) is 0 Å². The molecule has 5 rings (SSSR count). The maximum absolute atomic E-state index is 12.3. The van der Waals surface area contributed by atoms with Crippen LogP contribution in [0.15, 0.2) is 35.4 Å². The first-order valence-electron chi connectivity index (χ1n) is 12.0. The predicted molar refractivity (Wildman–Crippen MR) is 134 cm³/mol. The third kappa shape index (κ3) is 5.25. The molecule has 0 amide bonds. The molecule has 0 bridgehead atoms. The van der Waals surface area contributed by atoms with Crippen molar-refractivity contribution in [3.63, 3.8) is 0 Å². The van der Waals surface area contributed by atoms with Crippen LogP contribution in [0.2, 0.25) is 0 Å². The molecule has 176 valence electrons. The van der Waals surface area contributed by atoms with Gasteiger partial charge in [-0.2, -0.15) is 0 Å². The van der Waals surface area contributed by atoms with Gasteiger partial charge in [0.2, 0.25) is 0 Å². The van der Waals surface area contributed by atoms with Crippen molar-refractivity contribution in [2.45, 2.75) is 45.4 Å². The summed E-state index contributed by atoms with van der Waals surface area (Å²) in [6.07, 6.45) is 6.50. The fourth-order valence-electron chi connectivity index (χ4n) is 4.76. The zero-order chi connectivity index (χ0) is 23.4. The van der Waals surface area contributed by atoms with Gasteiger partial charge in [-0.05, 0) is 81.4 Å². The zero-order valence-electron chi connectivity index (χ0n) is 20.0. The van der Waals surface area contributed by atoms with Crippen molar-refractivity contribution >= 4 is 16.7 Å². The van der Waals surface area contributed by atoms with Gasteiger partial charge in [-0.25, -0.2) is 9.97 Å². The average Bonchev–Trinajstić information content (AvgIpc) is 3.42. The molecule has 4 heterocycles. The summed E-state index contributed by atoms with van der Waals surface area (Å²) in [6, 6.07) is 8.37. The number of hydrogen-bond acceptors (Lipinski definition) is 6. The van der Waals surface area contributed by atoms with E-state index >= 15 is 0 Å². The molecular formula is C26H35N5O2. The lowest BCUT2D eigenvalue weighted by atomic mass is 9.86. The van der Waals surface area contributed by atoms with E-state index in [1.54, 1.807) is 7.05 Å². The van der Waals surface area contributed by atoms with Gasteiger partial charge < -0.3 is 19.9 Å². The van der Waals surface area contributed by atoms with E-state index in [2.05, 4.69) is 46.9 Å². The first-order valence-corrected chi connectivity index (χ1v) is 12.0. The van der Waals surface area contributed by atoms with Gasteiger partial charge in [0.05, 0.1) is 17.5 Å². The van der Waals surface area contributed by atoms with Crippen LogP contribution in [0.25, 0.3) is 22.2 Å². The van der Waals surface area contributed by atoms with Gasteiger partial charge >= 0.3 is 0 Å². The van der Waals surface area contributed by atoms with E-state index in [1.165, 1.54) is 60.8 Å². The number of piperidine rings is 1. The zero-order valence-corrected chi connectivity index (χ0v) is 20.0. The Kier molecular flexibility index (Phi) is 7.40. The smallest absolute Gasteiger partial charge is 0.264 e. The highest BCUT2D eigenvalue weighted by Gasteiger charge is 2.21. The van der Waals surface area contributed by atoms with Crippen molar-refractivity contribution in [3.05, 3.63) is 52.1 Å². The van der Waals surface area contributed by atoms with E-state index < -0.39 is 0 Å². The monoisotopic (exact) mass is 449 g/mol. The molecule has 2 N–H and O–H groups in total. The number of rotatable bonds is 3. The van der Waals surface area contributed by atoms with Crippen molar-refractivity contribution in [1.29, 1.82) is 0 Å². The summed E-state index contributed by atoms with van der Waals surface area (Å²) in [6.45, 7) is 9.88. The molecule has 2 saturated heterocycles. The third-order valence-electron chi connectivity index (χ3n) is 6.80. The maximum Gasteiger partial charge on any atom is 0.264 e. The van der Waals surface area contributed by atoms with Crippen LogP contribution in [-0.4, -0.2) is 52.3 Å². The van der Waals surface area contributed by atoms with Crippen LogP contribution in [0.4, 0.5) is 5.82 Å². The Hall–Kier alpha value is -2.77. The molecule has 0 spiro atoms. The third-order valence-corrected chi connectivity index (χ3v) is 6.80. The lowest BCUT2D eigenvalue weighted by Crippen LogP contribution is -2.32. The molecule has 2 aliphatic rings. The normalized spacial score (nSPS) is 17.2. The maximum atomic E-state index is 12.3. The molecule has 1 aromatic carbocycles. The van der Waals surface area contributed by atoms with E-state index in [0.717, 1.165) is 31.0 Å². The molecule has 7 nitrogen and oxygen atoms in total. The Balaban J connectivity index is 0.000000459. The van der Waals surface area contributed by atoms with Gasteiger partial charge in [-0.3, -0.25) is 4.79 Å². The number of benzene rings is 1. The summed E-state index contributed by atoms with van der Waals surface area (Å²) in [4.78, 5) is 23.7. The average molecular weight is 450 g/mol. The summed E-state index contributed by atoms with van der Waals surface area (Å²) in [5, 5.41) is 0.379. The summed E-state index contributed by atoms with van der Waals surface area (Å²) in [7, 11) is 1.66. The molecule has 0 atom stereocenters. The number of pyridine rings is 1. The molecule has 3 aromatic rings. The van der Waals surface area contributed by atoms with Crippen LogP contribution in [0.3, 0.4) is 0 Å². The second kappa shape index (κ2) is 10.4. The van der Waals surface area contributed by atoms with Crippen LogP contribution in [0, 0.1) is 6.92 Å². The van der Waals surface area contributed by atoms with Gasteiger partial charge in [-0.1, -0.05) is 19.1 Å². The molecule has 0 unspecified atom stereocenters. The summed E-state index contributed by atoms with van der Waals surface area (Å²) < 4.78 is 6.36. The van der Waals surface area contributed by atoms with Crippen molar-refractivity contribution in [3.8, 4) is 11.3 Å². The number of likely N-dealkylation sites (tertiary alicyclic amines) is 1. The molecule has 7 heteroatoms. The highest BCUT2D eigenvalue weighted by atomic mass is 16.5. The SMILES string of the molecule is C1CCOC1.CCN1CCC(c2ccc(-c3cc4ncn(C)c(=O)c4c(N)n3)cc2C)CC1. The number of anilines is 1. The van der Waals surface area contributed by atoms with Gasteiger partial charge in [-0.15, -0.1) is 0 Å². The van der Waals surface area contributed by atoms with Crippen molar-refractivity contribution in [1.82, 2.24) is 19.4 Å². The van der Waals surface area contributed by atoms with Crippen LogP contribution >= 0.6 is 0 Å². The first kappa shape index (κ1) is 23.4. The minimum absolute atomic E-state index is 0.175. The predicted octanol–water partition coefficient (Wildman–Crippen LogP) is 3.88. The van der Waals surface area contributed by atoms with Crippen LogP contribution in [-0.2, 0) is 11.8 Å². The lowest BCUT2D eigenvalue weighted by Gasteiger charge is -2.32. The number of nitrogens with zero attached hydrogens (tertiary/aromatic N) is 4. The lowest BCUT2D eigenvalue weighted by molar-refractivity contribution is 0.198. The standard InChI is InChI=1S/C22H27N5O.C4H8O/c1-4-27-9-7-15(8-10-27)17-6-5-16(11-14(17)2)18-12-19-20(21(23)25-18)22(28)26(3)13-24-19;1-2-4-5-3-1/h5-6,11-13,15H,4,7-10H2,1-3H3,(H2,23,25);1-4H2. The number of nitrogen functional groups attached to an aromatic ring is 1. The molecule has 2 aromatic heterocycles. The number of hydrogen-bond donors (Lipinski definition) is 1. The highest BCUT2D eigenvalue weighted by molar-refractivity contribution is 5.90. The molecule has 2 aliphatic heterocycles. The number of aromatic nitrogens is 3. The highest BCUT2D eigenvalue weighted by Crippen LogP contribution is 2.33. The van der Waals surface area contributed by atoms with E-state index in [1.807, 2.05) is 6.07 Å². The number of nitrogens with two attached hydrogens (primary N) is 1. The molecule has 2 fully saturated rings. The van der Waals surface area contributed by atoms with Crippen LogP contribution in [0.1, 0.15) is 49.7 Å². The summed E-state index contributed by atoms with van der Waals surface area (Å²) in [5.74, 6) is 0.853. The van der Waals surface area contributed by atoms with E-state index in [0.29, 0.717) is 16.8 Å². The van der Waals surface area contributed by atoms with E-state index in [9.17, 15) is 4.79 Å². The Labute approximate surface area is 195 Å². The molecule has 0 aliphatic carbocycles. The van der Waals surface area contributed by atoms with E-state index in [-0.39, 0.29) is 11.4 Å². The fraction of sp³-hybridized carbons (Fsp3) is 0.500. The first-order chi connectivity index (χ1) is 16.0. The van der Waals surface area contributed by atoms with Crippen molar-refractivity contribution in [2.75, 3.05) is 38.6 Å². The van der Waals surface area contributed by atoms with Crippen LogP contribution in [0.5, 0.6) is 0 Å². The van der Waals surface area contributed by atoms with Crippen LogP contribution < -0.4 is 11.3 Å². The van der Waals surface area contributed by atoms with Gasteiger partial charge in [0.25, 0.3) is 5.56 Å². The van der Waals surface area contributed by atoms with Gasteiger partial charge in [0.1, 0.15) is 11.2 Å². The second-order valence-corrected chi connectivity index (χ2v) is 9.05. The quantitative estimate of drug-likeness (QED) is 0.653. The van der Waals surface area contributed by atoms with E-state index in [4.69, 9.17) is 10.5 Å². The number of ether oxygens (including phenoxy) is 1. The topological polar surface area (TPSA) is 86.3 Å². The molecular weight excluding hydrogens is 414 g/mol. The molecule has 0 radical (unpaired) electrons. The molecule has 0 saturated carbocycles.